The molecular formula is C19H33NO. The monoisotopic (exact) mass is 291 g/mol. The number of methoxy groups -OCH3 is 1. The summed E-state index contributed by atoms with van der Waals surface area (Å²) in [5.41, 5.74) is 2.97. The van der Waals surface area contributed by atoms with Crippen LogP contribution in [0.1, 0.15) is 52.7 Å². The van der Waals surface area contributed by atoms with Crippen molar-refractivity contribution >= 4 is 0 Å². The molecule has 0 fully saturated rings. The molecule has 1 aromatic carbocycles. The van der Waals surface area contributed by atoms with Crippen LogP contribution in [-0.4, -0.2) is 25.8 Å². The van der Waals surface area contributed by atoms with Gasteiger partial charge in [-0.25, -0.2) is 0 Å². The summed E-state index contributed by atoms with van der Waals surface area (Å²) in [6.07, 6.45) is 1.25. The van der Waals surface area contributed by atoms with Crippen LogP contribution in [0.5, 0.6) is 0 Å². The van der Waals surface area contributed by atoms with Gasteiger partial charge >= 0.3 is 0 Å². The first-order valence-corrected chi connectivity index (χ1v) is 8.15. The van der Waals surface area contributed by atoms with E-state index in [9.17, 15) is 0 Å². The van der Waals surface area contributed by atoms with Gasteiger partial charge in [-0.3, -0.25) is 0 Å². The van der Waals surface area contributed by atoms with Gasteiger partial charge in [0, 0.05) is 13.2 Å². The van der Waals surface area contributed by atoms with E-state index in [0.29, 0.717) is 12.0 Å². The summed E-state index contributed by atoms with van der Waals surface area (Å²) in [4.78, 5) is 0. The third-order valence-electron chi connectivity index (χ3n) is 4.07. The second-order valence-corrected chi connectivity index (χ2v) is 7.26. The van der Waals surface area contributed by atoms with E-state index in [0.717, 1.165) is 13.0 Å². The standard InChI is InChI=1S/C19H33NO/c1-8-20-17(18(21-7)14(2)3)13-15-9-11-16(12-10-15)19(4,5)6/h9-12,14,17-18,20H,8,13H2,1-7H3. The first-order valence-electron chi connectivity index (χ1n) is 8.15. The molecule has 1 rings (SSSR count). The lowest BCUT2D eigenvalue weighted by atomic mass is 9.86. The van der Waals surface area contributed by atoms with E-state index in [4.69, 9.17) is 4.74 Å². The van der Waals surface area contributed by atoms with E-state index in [1.54, 1.807) is 0 Å². The predicted molar refractivity (Wildman–Crippen MR) is 91.9 cm³/mol. The number of rotatable bonds is 7. The van der Waals surface area contributed by atoms with Crippen LogP contribution in [0.3, 0.4) is 0 Å². The summed E-state index contributed by atoms with van der Waals surface area (Å²) in [6, 6.07) is 9.40. The van der Waals surface area contributed by atoms with E-state index in [2.05, 4.69) is 71.1 Å². The molecule has 1 N–H and O–H groups in total. The minimum Gasteiger partial charge on any atom is -0.380 e. The molecule has 0 amide bonds. The maximum Gasteiger partial charge on any atom is 0.0750 e. The molecule has 1 aromatic rings. The number of likely N-dealkylation sites (N-methyl/N-ethyl adjacent to an activating group) is 1. The van der Waals surface area contributed by atoms with Crippen molar-refractivity contribution in [3.8, 4) is 0 Å². The SMILES string of the molecule is CCNC(Cc1ccc(C(C)(C)C)cc1)C(OC)C(C)C. The average molecular weight is 291 g/mol. The maximum absolute atomic E-state index is 5.71. The molecule has 0 aromatic heterocycles. The van der Waals surface area contributed by atoms with Crippen LogP contribution >= 0.6 is 0 Å². The van der Waals surface area contributed by atoms with Gasteiger partial charge in [0.05, 0.1) is 6.10 Å². The van der Waals surface area contributed by atoms with Crippen molar-refractivity contribution in [2.75, 3.05) is 13.7 Å². The Morgan fingerprint density at radius 2 is 1.67 bits per heavy atom. The Labute approximate surface area is 131 Å². The molecule has 0 spiro atoms. The lowest BCUT2D eigenvalue weighted by Gasteiger charge is -2.30. The van der Waals surface area contributed by atoms with E-state index < -0.39 is 0 Å². The maximum atomic E-state index is 5.71. The van der Waals surface area contributed by atoms with Gasteiger partial charge in [0.15, 0.2) is 0 Å². The van der Waals surface area contributed by atoms with E-state index in [1.165, 1.54) is 11.1 Å². The van der Waals surface area contributed by atoms with Crippen molar-refractivity contribution in [1.82, 2.24) is 5.32 Å². The fourth-order valence-electron chi connectivity index (χ4n) is 2.86. The average Bonchev–Trinajstić information content (AvgIpc) is 2.39. The Kier molecular flexibility index (Phi) is 6.89. The molecule has 2 atom stereocenters. The molecule has 0 saturated heterocycles. The molecule has 2 nitrogen and oxygen atoms in total. The third-order valence-corrected chi connectivity index (χ3v) is 4.07. The van der Waals surface area contributed by atoms with Gasteiger partial charge < -0.3 is 10.1 Å². The van der Waals surface area contributed by atoms with Gasteiger partial charge in [0.25, 0.3) is 0 Å². The van der Waals surface area contributed by atoms with Gasteiger partial charge in [0.1, 0.15) is 0 Å². The van der Waals surface area contributed by atoms with E-state index >= 15 is 0 Å². The highest BCUT2D eigenvalue weighted by Gasteiger charge is 2.24. The number of benzene rings is 1. The minimum atomic E-state index is 0.215. The molecule has 0 aliphatic heterocycles. The predicted octanol–water partition coefficient (Wildman–Crippen LogP) is 4.18. The van der Waals surface area contributed by atoms with E-state index in [-0.39, 0.29) is 11.5 Å². The molecule has 2 unspecified atom stereocenters. The topological polar surface area (TPSA) is 21.3 Å². The second kappa shape index (κ2) is 7.95. The summed E-state index contributed by atoms with van der Waals surface area (Å²) in [7, 11) is 1.82. The van der Waals surface area contributed by atoms with Crippen LogP contribution in [0.15, 0.2) is 24.3 Å². The van der Waals surface area contributed by atoms with Crippen molar-refractivity contribution in [3.05, 3.63) is 35.4 Å². The minimum absolute atomic E-state index is 0.215. The summed E-state index contributed by atoms with van der Waals surface area (Å²) < 4.78 is 5.71. The molecule has 0 bridgehead atoms. The third kappa shape index (κ3) is 5.44. The largest absolute Gasteiger partial charge is 0.380 e. The van der Waals surface area contributed by atoms with Crippen molar-refractivity contribution < 1.29 is 4.74 Å². The fourth-order valence-corrected chi connectivity index (χ4v) is 2.86. The summed E-state index contributed by atoms with van der Waals surface area (Å²) >= 11 is 0. The second-order valence-electron chi connectivity index (χ2n) is 7.26. The van der Waals surface area contributed by atoms with Crippen LogP contribution in [0.4, 0.5) is 0 Å². The highest BCUT2D eigenvalue weighted by molar-refractivity contribution is 5.28. The zero-order valence-corrected chi connectivity index (χ0v) is 14.9. The van der Waals surface area contributed by atoms with Gasteiger partial charge in [-0.05, 0) is 35.4 Å². The van der Waals surface area contributed by atoms with E-state index in [1.807, 2.05) is 7.11 Å². The quantitative estimate of drug-likeness (QED) is 0.814. The van der Waals surface area contributed by atoms with Gasteiger partial charge in [0.2, 0.25) is 0 Å². The number of nitrogens with one attached hydrogen (secondary N) is 1. The number of ether oxygens (including phenoxy) is 1. The number of hydrogen-bond acceptors (Lipinski definition) is 2. The van der Waals surface area contributed by atoms with Gasteiger partial charge in [-0.1, -0.05) is 65.8 Å². The lowest BCUT2D eigenvalue weighted by molar-refractivity contribution is 0.0337. The Morgan fingerprint density at radius 1 is 1.10 bits per heavy atom. The fraction of sp³-hybridized carbons (Fsp3) is 0.684. The van der Waals surface area contributed by atoms with Crippen LogP contribution in [-0.2, 0) is 16.6 Å². The van der Waals surface area contributed by atoms with Crippen molar-refractivity contribution in [3.63, 3.8) is 0 Å². The smallest absolute Gasteiger partial charge is 0.0750 e. The Bertz CT molecular complexity index is 403. The molecule has 0 aliphatic rings. The Morgan fingerprint density at radius 3 is 2.05 bits per heavy atom. The van der Waals surface area contributed by atoms with Crippen LogP contribution in [0.25, 0.3) is 0 Å². The molecule has 0 aliphatic carbocycles. The first kappa shape index (κ1) is 18.2. The highest BCUT2D eigenvalue weighted by Crippen LogP contribution is 2.23. The number of hydrogen-bond donors (Lipinski definition) is 1. The summed E-state index contributed by atoms with van der Waals surface area (Å²) in [5, 5.41) is 3.58. The summed E-state index contributed by atoms with van der Waals surface area (Å²) in [6.45, 7) is 14.3. The summed E-state index contributed by atoms with van der Waals surface area (Å²) in [5.74, 6) is 0.507. The molecule has 120 valence electrons. The van der Waals surface area contributed by atoms with Gasteiger partial charge in [-0.15, -0.1) is 0 Å². The van der Waals surface area contributed by atoms with Crippen molar-refractivity contribution in [2.24, 2.45) is 5.92 Å². The molecule has 0 heterocycles. The molecule has 0 radical (unpaired) electrons. The van der Waals surface area contributed by atoms with Crippen molar-refractivity contribution in [2.45, 2.75) is 65.5 Å². The lowest BCUT2D eigenvalue weighted by Crippen LogP contribution is -2.45. The van der Waals surface area contributed by atoms with Crippen LogP contribution in [0.2, 0.25) is 0 Å². The van der Waals surface area contributed by atoms with Crippen LogP contribution in [0, 0.1) is 5.92 Å². The first-order chi connectivity index (χ1) is 9.79. The molecule has 21 heavy (non-hydrogen) atoms. The Balaban J connectivity index is 2.84. The molecule has 2 heteroatoms. The zero-order chi connectivity index (χ0) is 16.0. The van der Waals surface area contributed by atoms with Crippen LogP contribution < -0.4 is 5.32 Å². The normalized spacial score (nSPS) is 15.2. The highest BCUT2D eigenvalue weighted by atomic mass is 16.5. The van der Waals surface area contributed by atoms with Crippen molar-refractivity contribution in [1.29, 1.82) is 0 Å². The molecule has 0 saturated carbocycles. The Hall–Kier alpha value is -0.860. The van der Waals surface area contributed by atoms with Gasteiger partial charge in [-0.2, -0.15) is 0 Å². The molecular weight excluding hydrogens is 258 g/mol. The zero-order valence-electron chi connectivity index (χ0n) is 14.9.